The summed E-state index contributed by atoms with van der Waals surface area (Å²) in [6, 6.07) is 0.577. The first-order valence-electron chi connectivity index (χ1n) is 4.31. The van der Waals surface area contributed by atoms with Crippen molar-refractivity contribution in [1.29, 1.82) is 0 Å². The molecule has 0 atom stereocenters. The third-order valence-electron chi connectivity index (χ3n) is 1.68. The molecule has 7 heteroatoms. The molecule has 2 N–H and O–H groups in total. The zero-order valence-electron chi connectivity index (χ0n) is 8.26. The monoisotopic (exact) mass is 245 g/mol. The maximum atomic E-state index is 12.3. The van der Waals surface area contributed by atoms with Gasteiger partial charge in [0.25, 0.3) is 5.56 Å². The molecule has 90 valence electrons. The van der Waals surface area contributed by atoms with Gasteiger partial charge in [0, 0.05) is 11.8 Å². The minimum atomic E-state index is -4.77. The van der Waals surface area contributed by atoms with E-state index in [0.717, 1.165) is 6.20 Å². The largest absolute Gasteiger partial charge is 0.481 e. The standard InChI is InChI=1S/C10H6F3NO3/c11-10(12,13)7-4-6(5-14-9(7)17)2-1-3-8(15)16/h4-5H,3H2,(H,14,17)(H,15,16). The molecule has 0 aromatic carbocycles. The van der Waals surface area contributed by atoms with Crippen molar-refractivity contribution < 1.29 is 23.1 Å². The normalized spacial score (nSPS) is 10.5. The van der Waals surface area contributed by atoms with Gasteiger partial charge in [-0.2, -0.15) is 13.2 Å². The van der Waals surface area contributed by atoms with Crippen LogP contribution >= 0.6 is 0 Å². The Morgan fingerprint density at radius 3 is 2.65 bits per heavy atom. The number of carbonyl (C=O) groups is 1. The Bertz CT molecular complexity index is 548. The number of hydrogen-bond donors (Lipinski definition) is 2. The van der Waals surface area contributed by atoms with Gasteiger partial charge in [-0.15, -0.1) is 0 Å². The number of aliphatic carboxylic acids is 1. The molecule has 0 bridgehead atoms. The Hall–Kier alpha value is -2.23. The Kier molecular flexibility index (Phi) is 3.58. The summed E-state index contributed by atoms with van der Waals surface area (Å²) in [6.45, 7) is 0. The summed E-state index contributed by atoms with van der Waals surface area (Å²) < 4.78 is 37.0. The molecule has 1 aromatic rings. The average molecular weight is 245 g/mol. The van der Waals surface area contributed by atoms with Crippen molar-refractivity contribution in [3.8, 4) is 11.8 Å². The number of nitrogens with one attached hydrogen (secondary N) is 1. The van der Waals surface area contributed by atoms with Crippen LogP contribution in [0.5, 0.6) is 0 Å². The van der Waals surface area contributed by atoms with Gasteiger partial charge in [-0.25, -0.2) is 0 Å². The molecule has 0 aliphatic heterocycles. The molecule has 1 rings (SSSR count). The number of H-pyrrole nitrogens is 1. The van der Waals surface area contributed by atoms with Crippen LogP contribution in [0, 0.1) is 11.8 Å². The second kappa shape index (κ2) is 4.74. The first-order valence-corrected chi connectivity index (χ1v) is 4.31. The van der Waals surface area contributed by atoms with Crippen molar-refractivity contribution in [2.45, 2.75) is 12.6 Å². The van der Waals surface area contributed by atoms with Gasteiger partial charge in [0.1, 0.15) is 12.0 Å². The molecule has 0 amide bonds. The van der Waals surface area contributed by atoms with Crippen LogP contribution in [0.2, 0.25) is 0 Å². The Morgan fingerprint density at radius 1 is 1.47 bits per heavy atom. The van der Waals surface area contributed by atoms with E-state index in [9.17, 15) is 22.8 Å². The molecule has 0 unspecified atom stereocenters. The van der Waals surface area contributed by atoms with E-state index < -0.39 is 29.7 Å². The minimum absolute atomic E-state index is 0.0989. The van der Waals surface area contributed by atoms with E-state index in [1.165, 1.54) is 0 Å². The quantitative estimate of drug-likeness (QED) is 0.731. The van der Waals surface area contributed by atoms with Gasteiger partial charge in [0.2, 0.25) is 0 Å². The number of aromatic amines is 1. The smallest absolute Gasteiger partial charge is 0.421 e. The van der Waals surface area contributed by atoms with Gasteiger partial charge in [0.05, 0.1) is 0 Å². The van der Waals surface area contributed by atoms with Gasteiger partial charge in [-0.1, -0.05) is 11.8 Å². The van der Waals surface area contributed by atoms with Crippen LogP contribution in [0.15, 0.2) is 17.1 Å². The highest BCUT2D eigenvalue weighted by atomic mass is 19.4. The summed E-state index contributed by atoms with van der Waals surface area (Å²) in [7, 11) is 0. The number of aromatic nitrogens is 1. The number of carboxylic acid groups (broad SMARTS) is 1. The Morgan fingerprint density at radius 2 is 2.12 bits per heavy atom. The lowest BCUT2D eigenvalue weighted by molar-refractivity contribution is -0.139. The average Bonchev–Trinajstić information content (AvgIpc) is 2.18. The van der Waals surface area contributed by atoms with Crippen LogP contribution in [-0.2, 0) is 11.0 Å². The summed E-state index contributed by atoms with van der Waals surface area (Å²) in [6.07, 6.45) is -4.26. The predicted molar refractivity (Wildman–Crippen MR) is 51.2 cm³/mol. The van der Waals surface area contributed by atoms with E-state index in [1.807, 2.05) is 4.98 Å². The number of rotatable bonds is 1. The second-order valence-corrected chi connectivity index (χ2v) is 3.00. The second-order valence-electron chi connectivity index (χ2n) is 3.00. The van der Waals surface area contributed by atoms with Crippen LogP contribution in [0.3, 0.4) is 0 Å². The summed E-state index contributed by atoms with van der Waals surface area (Å²) in [5.41, 5.74) is -2.72. The van der Waals surface area contributed by atoms with Gasteiger partial charge in [-0.3, -0.25) is 9.59 Å². The highest BCUT2D eigenvalue weighted by Crippen LogP contribution is 2.26. The van der Waals surface area contributed by atoms with Crippen LogP contribution in [0.1, 0.15) is 17.5 Å². The molecule has 0 spiro atoms. The van der Waals surface area contributed by atoms with Crippen molar-refractivity contribution in [3.63, 3.8) is 0 Å². The van der Waals surface area contributed by atoms with Gasteiger partial charge in [0.15, 0.2) is 0 Å². The number of pyridine rings is 1. The van der Waals surface area contributed by atoms with Crippen LogP contribution in [0.25, 0.3) is 0 Å². The summed E-state index contributed by atoms with van der Waals surface area (Å²) in [4.78, 5) is 22.9. The zero-order chi connectivity index (χ0) is 13.1. The van der Waals surface area contributed by atoms with E-state index in [-0.39, 0.29) is 5.56 Å². The summed E-state index contributed by atoms with van der Waals surface area (Å²) in [5.74, 6) is 3.19. The molecule has 0 saturated carbocycles. The highest BCUT2D eigenvalue weighted by molar-refractivity contribution is 5.70. The van der Waals surface area contributed by atoms with Crippen molar-refractivity contribution in [1.82, 2.24) is 4.98 Å². The molecular formula is C10H6F3NO3. The molecule has 4 nitrogen and oxygen atoms in total. The molecular weight excluding hydrogens is 239 g/mol. The predicted octanol–water partition coefficient (Wildman–Crippen LogP) is 1.22. The number of halogens is 3. The Labute approximate surface area is 93.1 Å². The van der Waals surface area contributed by atoms with Crippen molar-refractivity contribution in [3.05, 3.63) is 33.7 Å². The van der Waals surface area contributed by atoms with Crippen molar-refractivity contribution >= 4 is 5.97 Å². The van der Waals surface area contributed by atoms with Crippen molar-refractivity contribution in [2.24, 2.45) is 0 Å². The summed E-state index contributed by atoms with van der Waals surface area (Å²) in [5, 5.41) is 8.28. The molecule has 1 heterocycles. The van der Waals surface area contributed by atoms with E-state index >= 15 is 0 Å². The maximum Gasteiger partial charge on any atom is 0.421 e. The number of alkyl halides is 3. The molecule has 0 aliphatic carbocycles. The van der Waals surface area contributed by atoms with E-state index in [2.05, 4.69) is 11.8 Å². The SMILES string of the molecule is O=C(O)CC#Cc1c[nH]c(=O)c(C(F)(F)F)c1. The molecule has 0 radical (unpaired) electrons. The molecule has 0 saturated heterocycles. The van der Waals surface area contributed by atoms with Gasteiger partial charge in [-0.05, 0) is 6.07 Å². The first kappa shape index (κ1) is 12.8. The minimum Gasteiger partial charge on any atom is -0.481 e. The van der Waals surface area contributed by atoms with Crippen LogP contribution < -0.4 is 5.56 Å². The maximum absolute atomic E-state index is 12.3. The fraction of sp³-hybridized carbons (Fsp3) is 0.200. The molecule has 17 heavy (non-hydrogen) atoms. The molecule has 1 aromatic heterocycles. The fourth-order valence-corrected chi connectivity index (χ4v) is 0.988. The fourth-order valence-electron chi connectivity index (χ4n) is 0.988. The van der Waals surface area contributed by atoms with E-state index in [4.69, 9.17) is 5.11 Å². The summed E-state index contributed by atoms with van der Waals surface area (Å²) >= 11 is 0. The van der Waals surface area contributed by atoms with E-state index in [1.54, 1.807) is 0 Å². The van der Waals surface area contributed by atoms with Gasteiger partial charge >= 0.3 is 12.1 Å². The van der Waals surface area contributed by atoms with Crippen molar-refractivity contribution in [2.75, 3.05) is 0 Å². The molecule has 0 fully saturated rings. The Balaban J connectivity index is 3.08. The number of hydrogen-bond acceptors (Lipinski definition) is 2. The first-order chi connectivity index (χ1) is 7.80. The van der Waals surface area contributed by atoms with Gasteiger partial charge < -0.3 is 10.1 Å². The lowest BCUT2D eigenvalue weighted by Crippen LogP contribution is -2.21. The third-order valence-corrected chi connectivity index (χ3v) is 1.68. The molecule has 0 aliphatic rings. The van der Waals surface area contributed by atoms with Crippen LogP contribution in [0.4, 0.5) is 13.2 Å². The van der Waals surface area contributed by atoms with E-state index in [0.29, 0.717) is 6.07 Å². The van der Waals surface area contributed by atoms with Crippen LogP contribution in [-0.4, -0.2) is 16.1 Å². The third kappa shape index (κ3) is 3.68. The lowest BCUT2D eigenvalue weighted by Gasteiger charge is -2.04. The number of carboxylic acids is 1. The lowest BCUT2D eigenvalue weighted by atomic mass is 10.2. The topological polar surface area (TPSA) is 70.2 Å². The highest BCUT2D eigenvalue weighted by Gasteiger charge is 2.33. The zero-order valence-corrected chi connectivity index (χ0v) is 8.26.